The number of anilines is 1. The smallest absolute Gasteiger partial charge is 0.263 e. The van der Waals surface area contributed by atoms with Crippen LogP contribution in [0.3, 0.4) is 0 Å². The van der Waals surface area contributed by atoms with Gasteiger partial charge in [0.1, 0.15) is 11.6 Å². The summed E-state index contributed by atoms with van der Waals surface area (Å²) in [5.41, 5.74) is 1.49. The Labute approximate surface area is 213 Å². The number of carbonyl (C=O) groups is 2. The number of nitrogens with zero attached hydrogens (tertiary/aromatic N) is 2. The highest BCUT2D eigenvalue weighted by atomic mass is 32.2. The average molecular weight is 524 g/mol. The van der Waals surface area contributed by atoms with Crippen LogP contribution in [0.1, 0.15) is 23.7 Å². The van der Waals surface area contributed by atoms with Crippen LogP contribution in [0.5, 0.6) is 5.75 Å². The number of sulfonamides is 1. The molecule has 0 aliphatic carbocycles. The molecule has 0 spiro atoms. The van der Waals surface area contributed by atoms with Gasteiger partial charge in [-0.15, -0.1) is 0 Å². The normalized spacial score (nSPS) is 11.4. The van der Waals surface area contributed by atoms with Gasteiger partial charge in [-0.3, -0.25) is 14.3 Å². The number of Topliss-reactive ketones (excluding diaryl/α,β-unsaturated/α-hetero) is 1. The number of ketones is 1. The van der Waals surface area contributed by atoms with Crippen molar-refractivity contribution in [1.29, 1.82) is 0 Å². The minimum Gasteiger partial charge on any atom is -0.494 e. The van der Waals surface area contributed by atoms with Gasteiger partial charge in [0.2, 0.25) is 0 Å². The van der Waals surface area contributed by atoms with Gasteiger partial charge in [-0.1, -0.05) is 30.0 Å². The zero-order valence-electron chi connectivity index (χ0n) is 19.6. The number of benzene rings is 2. The van der Waals surface area contributed by atoms with Crippen molar-refractivity contribution in [2.24, 2.45) is 0 Å². The third-order valence-electron chi connectivity index (χ3n) is 5.36. The molecule has 0 saturated carbocycles. The molecule has 0 unspecified atom stereocenters. The second kappa shape index (κ2) is 11.4. The number of hydrogen-bond donors (Lipinski definition) is 1. The number of ether oxygens (including phenoxy) is 1. The van der Waals surface area contributed by atoms with Crippen molar-refractivity contribution in [3.63, 3.8) is 0 Å². The van der Waals surface area contributed by atoms with Crippen LogP contribution in [-0.2, 0) is 21.4 Å². The Kier molecular flexibility index (Phi) is 8.07. The Balaban J connectivity index is 1.28. The Morgan fingerprint density at radius 1 is 1.03 bits per heavy atom. The van der Waals surface area contributed by atoms with E-state index in [2.05, 4.69) is 38.7 Å². The maximum atomic E-state index is 12.7. The summed E-state index contributed by atoms with van der Waals surface area (Å²) >= 11 is 0.913. The van der Waals surface area contributed by atoms with Crippen molar-refractivity contribution in [2.75, 3.05) is 17.1 Å². The molecule has 1 N–H and O–H groups in total. The second-order valence-corrected chi connectivity index (χ2v) is 10.8. The predicted molar refractivity (Wildman–Crippen MR) is 141 cm³/mol. The van der Waals surface area contributed by atoms with E-state index >= 15 is 0 Å². The van der Waals surface area contributed by atoms with Crippen LogP contribution in [0.15, 0.2) is 84.0 Å². The fraction of sp³-hybridized carbons (Fsp3) is 0.192. The van der Waals surface area contributed by atoms with Crippen molar-refractivity contribution >= 4 is 49.4 Å². The average Bonchev–Trinajstić information content (AvgIpc) is 3.29. The molecule has 0 radical (unpaired) electrons. The van der Waals surface area contributed by atoms with Crippen molar-refractivity contribution in [3.05, 3.63) is 84.7 Å². The van der Waals surface area contributed by atoms with Crippen molar-refractivity contribution in [3.8, 4) is 5.75 Å². The molecule has 0 saturated heterocycles. The quantitative estimate of drug-likeness (QED) is 0.223. The number of aromatic nitrogens is 2. The molecular formula is C26H25N3O5S2. The standard InChI is InChI=1S/C26H25N3O5S2/c1-19(30)35-18-25(31)21-7-12-26(27-17-21)28-36(32,33)23-10-8-22(9-11-23)34-16-4-14-29-15-13-20-5-2-3-6-24(20)29/h2-3,5-13,15,17H,4,14,16,18H2,1H3,(H,27,28). The monoisotopic (exact) mass is 523 g/mol. The highest BCUT2D eigenvalue weighted by molar-refractivity contribution is 8.14. The molecule has 10 heteroatoms. The van der Waals surface area contributed by atoms with Gasteiger partial charge in [-0.05, 0) is 60.3 Å². The molecule has 0 aliphatic rings. The first-order valence-electron chi connectivity index (χ1n) is 11.2. The van der Waals surface area contributed by atoms with E-state index in [0.29, 0.717) is 17.9 Å². The van der Waals surface area contributed by atoms with E-state index in [1.807, 2.05) is 12.1 Å². The van der Waals surface area contributed by atoms with Crippen molar-refractivity contribution in [1.82, 2.24) is 9.55 Å². The number of aryl methyl sites for hydroxylation is 1. The summed E-state index contributed by atoms with van der Waals surface area (Å²) in [6.45, 7) is 2.70. The lowest BCUT2D eigenvalue weighted by Gasteiger charge is -2.10. The van der Waals surface area contributed by atoms with Crippen LogP contribution in [0, 0.1) is 0 Å². The van der Waals surface area contributed by atoms with Gasteiger partial charge in [-0.25, -0.2) is 13.4 Å². The van der Waals surface area contributed by atoms with Gasteiger partial charge < -0.3 is 9.30 Å². The number of carbonyl (C=O) groups excluding carboxylic acids is 2. The van der Waals surface area contributed by atoms with Gasteiger partial charge in [0.25, 0.3) is 10.0 Å². The van der Waals surface area contributed by atoms with E-state index in [-0.39, 0.29) is 27.4 Å². The lowest BCUT2D eigenvalue weighted by atomic mass is 10.2. The highest BCUT2D eigenvalue weighted by Gasteiger charge is 2.16. The molecule has 4 aromatic rings. The lowest BCUT2D eigenvalue weighted by Crippen LogP contribution is -2.14. The molecule has 0 fully saturated rings. The van der Waals surface area contributed by atoms with Crippen LogP contribution in [0.2, 0.25) is 0 Å². The molecule has 0 atom stereocenters. The number of nitrogens with one attached hydrogen (secondary N) is 1. The molecule has 0 aliphatic heterocycles. The molecule has 2 aromatic heterocycles. The summed E-state index contributed by atoms with van der Waals surface area (Å²) in [6, 6.07) is 19.3. The lowest BCUT2D eigenvalue weighted by molar-refractivity contribution is -0.109. The van der Waals surface area contributed by atoms with Crippen molar-refractivity contribution < 1.29 is 22.7 Å². The van der Waals surface area contributed by atoms with E-state index in [4.69, 9.17) is 4.74 Å². The Morgan fingerprint density at radius 2 is 1.81 bits per heavy atom. The Bertz CT molecular complexity index is 1460. The van der Waals surface area contributed by atoms with E-state index in [1.54, 1.807) is 12.1 Å². The van der Waals surface area contributed by atoms with Crippen molar-refractivity contribution in [2.45, 2.75) is 24.8 Å². The van der Waals surface area contributed by atoms with Crippen LogP contribution >= 0.6 is 11.8 Å². The summed E-state index contributed by atoms with van der Waals surface area (Å²) in [6.07, 6.45) is 4.15. The third-order valence-corrected chi connectivity index (χ3v) is 7.54. The Hall–Kier alpha value is -3.63. The van der Waals surface area contributed by atoms with Crippen LogP contribution in [0.25, 0.3) is 10.9 Å². The maximum absolute atomic E-state index is 12.7. The molecule has 0 amide bonds. The van der Waals surface area contributed by atoms with Gasteiger partial charge in [-0.2, -0.15) is 0 Å². The molecular weight excluding hydrogens is 498 g/mol. The minimum absolute atomic E-state index is 0.0137. The van der Waals surface area contributed by atoms with E-state index in [0.717, 1.165) is 24.7 Å². The minimum atomic E-state index is -3.87. The number of fused-ring (bicyclic) bond motifs is 1. The van der Waals surface area contributed by atoms with Crippen LogP contribution in [-0.4, -0.2) is 41.2 Å². The fourth-order valence-corrected chi connectivity index (χ4v) is 5.05. The summed E-state index contributed by atoms with van der Waals surface area (Å²) in [5, 5.41) is 1.05. The zero-order chi connectivity index (χ0) is 25.5. The topological polar surface area (TPSA) is 107 Å². The zero-order valence-corrected chi connectivity index (χ0v) is 21.2. The number of thioether (sulfide) groups is 1. The number of para-hydroxylation sites is 1. The maximum Gasteiger partial charge on any atom is 0.263 e. The van der Waals surface area contributed by atoms with Gasteiger partial charge >= 0.3 is 0 Å². The summed E-state index contributed by atoms with van der Waals surface area (Å²) < 4.78 is 35.8. The Morgan fingerprint density at radius 3 is 2.53 bits per heavy atom. The highest BCUT2D eigenvalue weighted by Crippen LogP contribution is 2.20. The van der Waals surface area contributed by atoms with E-state index < -0.39 is 10.0 Å². The molecule has 0 bridgehead atoms. The molecule has 36 heavy (non-hydrogen) atoms. The first kappa shape index (κ1) is 25.5. The molecule has 4 rings (SSSR count). The van der Waals surface area contributed by atoms with E-state index in [9.17, 15) is 18.0 Å². The second-order valence-electron chi connectivity index (χ2n) is 7.98. The predicted octanol–water partition coefficient (Wildman–Crippen LogP) is 4.77. The van der Waals surface area contributed by atoms with Gasteiger partial charge in [0.05, 0.1) is 17.3 Å². The fourth-order valence-electron chi connectivity index (χ4n) is 3.54. The molecule has 2 aromatic carbocycles. The molecule has 2 heterocycles. The summed E-state index contributed by atoms with van der Waals surface area (Å²) in [7, 11) is -3.87. The van der Waals surface area contributed by atoms with Gasteiger partial charge in [0, 0.05) is 36.9 Å². The first-order valence-corrected chi connectivity index (χ1v) is 13.7. The first-order chi connectivity index (χ1) is 17.3. The number of pyridine rings is 1. The summed E-state index contributed by atoms with van der Waals surface area (Å²) in [4.78, 5) is 27.1. The number of hydrogen-bond acceptors (Lipinski definition) is 7. The largest absolute Gasteiger partial charge is 0.494 e. The SMILES string of the molecule is CC(=O)SCC(=O)c1ccc(NS(=O)(=O)c2ccc(OCCCn3ccc4ccccc43)cc2)nc1. The van der Waals surface area contributed by atoms with Crippen LogP contribution in [0.4, 0.5) is 5.82 Å². The molecule has 186 valence electrons. The number of rotatable bonds is 11. The third kappa shape index (κ3) is 6.52. The molecule has 8 nitrogen and oxygen atoms in total. The van der Waals surface area contributed by atoms with Gasteiger partial charge in [0.15, 0.2) is 10.9 Å². The van der Waals surface area contributed by atoms with Crippen LogP contribution < -0.4 is 9.46 Å². The van der Waals surface area contributed by atoms with E-state index in [1.165, 1.54) is 48.3 Å². The summed E-state index contributed by atoms with van der Waals surface area (Å²) in [5.74, 6) is 0.425.